The van der Waals surface area contributed by atoms with E-state index in [0.29, 0.717) is 0 Å². The Morgan fingerprint density at radius 2 is 1.71 bits per heavy atom. The van der Waals surface area contributed by atoms with Crippen LogP contribution in [-0.2, 0) is 20.1 Å². The molecule has 0 unspecified atom stereocenters. The predicted molar refractivity (Wildman–Crippen MR) is 85.1 cm³/mol. The molecule has 1 heterocycles. The quantitative estimate of drug-likeness (QED) is 0.274. The van der Waals surface area contributed by atoms with Gasteiger partial charge < -0.3 is 4.98 Å². The van der Waals surface area contributed by atoms with Crippen molar-refractivity contribution in [1.82, 2.24) is 4.98 Å². The maximum atomic E-state index is 4.71. The average Bonchev–Trinajstić information content (AvgIpc) is 2.50. The molecule has 0 atom stereocenters. The molecule has 105 valence electrons. The van der Waals surface area contributed by atoms with E-state index in [2.05, 4.69) is 50.2 Å². The summed E-state index contributed by atoms with van der Waals surface area (Å²) in [6.07, 6.45) is 2.00. The molecule has 21 heavy (non-hydrogen) atoms. The fourth-order valence-electron chi connectivity index (χ4n) is 3.00. The van der Waals surface area contributed by atoms with Gasteiger partial charge in [0.2, 0.25) is 0 Å². The number of nitrogens with zero attached hydrogens (tertiary/aromatic N) is 1. The van der Waals surface area contributed by atoms with Crippen molar-refractivity contribution in [3.63, 3.8) is 0 Å². The molecule has 0 N–H and O–H groups in total. The summed E-state index contributed by atoms with van der Waals surface area (Å²) in [7, 11) is 0. The Hall–Kier alpha value is -1.76. The Bertz CT molecular complexity index is 973. The number of hydrogen-bond acceptors (Lipinski definition) is 1. The molecule has 0 aliphatic carbocycles. The standard InChI is InChI=1S/C19H14N.Ir/c1-12-7-8-13(2)18-16-10-9-14-5-3-4-6-15(14)19(16)20-11-17(12)18;/h3-5,7-11H,1-2H3;/q-1;. The zero-order chi connectivity index (χ0) is 13.7. The molecular weight excluding hydrogens is 434 g/mol. The second-order valence-electron chi connectivity index (χ2n) is 5.34. The van der Waals surface area contributed by atoms with Crippen LogP contribution in [0.15, 0.2) is 48.7 Å². The van der Waals surface area contributed by atoms with Gasteiger partial charge in [0.1, 0.15) is 0 Å². The largest absolute Gasteiger partial charge is 0.303 e. The van der Waals surface area contributed by atoms with Crippen molar-refractivity contribution in [2.24, 2.45) is 0 Å². The van der Waals surface area contributed by atoms with Crippen molar-refractivity contribution in [3.8, 4) is 0 Å². The molecule has 2 heteroatoms. The van der Waals surface area contributed by atoms with Crippen LogP contribution in [0.2, 0.25) is 0 Å². The Balaban J connectivity index is 0.00000132. The van der Waals surface area contributed by atoms with Crippen molar-refractivity contribution in [1.29, 1.82) is 0 Å². The molecule has 0 amide bonds. The topological polar surface area (TPSA) is 12.9 Å². The van der Waals surface area contributed by atoms with E-state index in [1.54, 1.807) is 0 Å². The van der Waals surface area contributed by atoms with Gasteiger partial charge in [0, 0.05) is 31.7 Å². The minimum atomic E-state index is 0. The molecule has 1 radical (unpaired) electrons. The van der Waals surface area contributed by atoms with Gasteiger partial charge in [0.05, 0.1) is 0 Å². The Labute approximate surface area is 137 Å². The van der Waals surface area contributed by atoms with Crippen molar-refractivity contribution in [3.05, 3.63) is 65.9 Å². The normalized spacial score (nSPS) is 11.0. The summed E-state index contributed by atoms with van der Waals surface area (Å²) < 4.78 is 0. The van der Waals surface area contributed by atoms with E-state index in [1.165, 1.54) is 32.7 Å². The monoisotopic (exact) mass is 449 g/mol. The molecule has 1 aromatic heterocycles. The number of rotatable bonds is 0. The van der Waals surface area contributed by atoms with Gasteiger partial charge in [-0.1, -0.05) is 24.3 Å². The second-order valence-corrected chi connectivity index (χ2v) is 5.34. The molecule has 0 aliphatic heterocycles. The molecule has 3 aromatic carbocycles. The van der Waals surface area contributed by atoms with Crippen LogP contribution in [0, 0.1) is 19.9 Å². The molecule has 0 spiro atoms. The minimum Gasteiger partial charge on any atom is -0.303 e. The van der Waals surface area contributed by atoms with Gasteiger partial charge in [-0.25, -0.2) is 0 Å². The summed E-state index contributed by atoms with van der Waals surface area (Å²) in [6, 6.07) is 18.1. The summed E-state index contributed by atoms with van der Waals surface area (Å²) in [5, 5.41) is 6.07. The van der Waals surface area contributed by atoms with Gasteiger partial charge in [-0.2, -0.15) is 0 Å². The van der Waals surface area contributed by atoms with E-state index in [1.807, 2.05) is 18.3 Å². The van der Waals surface area contributed by atoms with Crippen LogP contribution >= 0.6 is 0 Å². The van der Waals surface area contributed by atoms with E-state index < -0.39 is 0 Å². The zero-order valence-electron chi connectivity index (χ0n) is 11.9. The molecule has 0 saturated heterocycles. The van der Waals surface area contributed by atoms with Gasteiger partial charge in [-0.3, -0.25) is 0 Å². The van der Waals surface area contributed by atoms with E-state index >= 15 is 0 Å². The number of fused-ring (bicyclic) bond motifs is 5. The van der Waals surface area contributed by atoms with E-state index in [0.717, 1.165) is 10.9 Å². The summed E-state index contributed by atoms with van der Waals surface area (Å²) in [4.78, 5) is 4.71. The summed E-state index contributed by atoms with van der Waals surface area (Å²) in [6.45, 7) is 4.31. The van der Waals surface area contributed by atoms with Crippen molar-refractivity contribution >= 4 is 32.4 Å². The first-order valence-electron chi connectivity index (χ1n) is 6.84. The van der Waals surface area contributed by atoms with Crippen molar-refractivity contribution in [2.45, 2.75) is 13.8 Å². The Morgan fingerprint density at radius 1 is 0.905 bits per heavy atom. The average molecular weight is 449 g/mol. The minimum absolute atomic E-state index is 0. The van der Waals surface area contributed by atoms with Crippen LogP contribution in [0.5, 0.6) is 0 Å². The third-order valence-corrected chi connectivity index (χ3v) is 4.07. The summed E-state index contributed by atoms with van der Waals surface area (Å²) in [5.41, 5.74) is 3.62. The first kappa shape index (κ1) is 14.2. The number of benzene rings is 3. The molecule has 4 aromatic rings. The number of pyridine rings is 1. The fraction of sp³-hybridized carbons (Fsp3) is 0.105. The first-order valence-corrected chi connectivity index (χ1v) is 6.84. The smallest absolute Gasteiger partial charge is 0.0242 e. The van der Waals surface area contributed by atoms with Crippen LogP contribution < -0.4 is 0 Å². The van der Waals surface area contributed by atoms with Crippen LogP contribution in [0.3, 0.4) is 0 Å². The molecule has 0 bridgehead atoms. The van der Waals surface area contributed by atoms with Crippen molar-refractivity contribution in [2.75, 3.05) is 0 Å². The fourth-order valence-corrected chi connectivity index (χ4v) is 3.00. The van der Waals surface area contributed by atoms with Crippen molar-refractivity contribution < 1.29 is 20.1 Å². The Morgan fingerprint density at radius 3 is 2.57 bits per heavy atom. The second kappa shape index (κ2) is 5.22. The summed E-state index contributed by atoms with van der Waals surface area (Å²) in [5.74, 6) is 0. The predicted octanol–water partition coefficient (Wildman–Crippen LogP) is 4.96. The van der Waals surface area contributed by atoms with Gasteiger partial charge in [-0.15, -0.1) is 35.0 Å². The van der Waals surface area contributed by atoms with Gasteiger partial charge in [0.15, 0.2) is 0 Å². The number of aromatic nitrogens is 1. The van der Waals surface area contributed by atoms with Crippen LogP contribution in [-0.4, -0.2) is 4.98 Å². The maximum absolute atomic E-state index is 4.71. The first-order chi connectivity index (χ1) is 9.75. The molecule has 0 aliphatic rings. The Kier molecular flexibility index (Phi) is 3.52. The van der Waals surface area contributed by atoms with Gasteiger partial charge in [-0.05, 0) is 41.3 Å². The third-order valence-electron chi connectivity index (χ3n) is 4.07. The maximum Gasteiger partial charge on any atom is 0.0242 e. The van der Waals surface area contributed by atoms with Crippen LogP contribution in [0.4, 0.5) is 0 Å². The zero-order valence-corrected chi connectivity index (χ0v) is 14.3. The van der Waals surface area contributed by atoms with Gasteiger partial charge in [0.25, 0.3) is 0 Å². The van der Waals surface area contributed by atoms with E-state index in [-0.39, 0.29) is 20.1 Å². The van der Waals surface area contributed by atoms with Crippen LogP contribution in [0.1, 0.15) is 11.1 Å². The van der Waals surface area contributed by atoms with E-state index in [9.17, 15) is 0 Å². The molecule has 0 fully saturated rings. The molecule has 4 rings (SSSR count). The molecule has 0 saturated carbocycles. The number of aryl methyl sites for hydroxylation is 2. The van der Waals surface area contributed by atoms with Gasteiger partial charge >= 0.3 is 0 Å². The SMILES string of the molecule is Cc1ccc(C)c2c1cnc1c3[c-]cccc3ccc12.[Ir]. The third kappa shape index (κ3) is 2.07. The van der Waals surface area contributed by atoms with Crippen LogP contribution in [0.25, 0.3) is 32.4 Å². The van der Waals surface area contributed by atoms with E-state index in [4.69, 9.17) is 4.98 Å². The molecule has 1 nitrogen and oxygen atoms in total. The number of hydrogen-bond donors (Lipinski definition) is 0. The summed E-state index contributed by atoms with van der Waals surface area (Å²) >= 11 is 0. The molecular formula is C19H14IrN-.